The SMILES string of the molecule is O=C(ON1C(=O)c2ccccc2C1=O)[C@H]1CCC[C@H]1c1ccc(F)cc1. The highest BCUT2D eigenvalue weighted by molar-refractivity contribution is 6.20. The van der Waals surface area contributed by atoms with Crippen LogP contribution in [0.3, 0.4) is 0 Å². The van der Waals surface area contributed by atoms with Gasteiger partial charge in [-0.25, -0.2) is 9.18 Å². The first kappa shape index (κ1) is 16.4. The molecule has 4 rings (SSSR count). The maximum absolute atomic E-state index is 13.1. The van der Waals surface area contributed by atoms with Crippen LogP contribution in [0.5, 0.6) is 0 Å². The summed E-state index contributed by atoms with van der Waals surface area (Å²) >= 11 is 0. The molecule has 0 radical (unpaired) electrons. The summed E-state index contributed by atoms with van der Waals surface area (Å²) in [6.07, 6.45) is 2.20. The highest BCUT2D eigenvalue weighted by atomic mass is 19.1. The molecular weight excluding hydrogens is 337 g/mol. The lowest BCUT2D eigenvalue weighted by Crippen LogP contribution is -2.35. The molecule has 2 amide bonds. The van der Waals surface area contributed by atoms with Crippen molar-refractivity contribution < 1.29 is 23.6 Å². The van der Waals surface area contributed by atoms with Gasteiger partial charge < -0.3 is 4.84 Å². The van der Waals surface area contributed by atoms with Crippen molar-refractivity contribution in [2.45, 2.75) is 25.2 Å². The van der Waals surface area contributed by atoms with Gasteiger partial charge in [-0.15, -0.1) is 0 Å². The molecule has 5 nitrogen and oxygen atoms in total. The smallest absolute Gasteiger partial charge is 0.329 e. The minimum absolute atomic E-state index is 0.113. The Morgan fingerprint density at radius 2 is 1.58 bits per heavy atom. The summed E-state index contributed by atoms with van der Waals surface area (Å²) in [4.78, 5) is 42.5. The second-order valence-electron chi connectivity index (χ2n) is 6.56. The number of rotatable bonds is 3. The maximum Gasteiger partial charge on any atom is 0.336 e. The van der Waals surface area contributed by atoms with Gasteiger partial charge in [-0.1, -0.05) is 35.7 Å². The van der Waals surface area contributed by atoms with Crippen molar-refractivity contribution in [1.29, 1.82) is 0 Å². The van der Waals surface area contributed by atoms with Crippen LogP contribution in [-0.4, -0.2) is 22.8 Å². The molecule has 0 unspecified atom stereocenters. The maximum atomic E-state index is 13.1. The number of imide groups is 1. The first-order valence-corrected chi connectivity index (χ1v) is 8.51. The van der Waals surface area contributed by atoms with Crippen LogP contribution in [0.25, 0.3) is 0 Å². The second-order valence-corrected chi connectivity index (χ2v) is 6.56. The molecule has 0 bridgehead atoms. The molecule has 2 aromatic rings. The summed E-state index contributed by atoms with van der Waals surface area (Å²) in [6, 6.07) is 12.4. The lowest BCUT2D eigenvalue weighted by atomic mass is 9.89. The number of carbonyl (C=O) groups is 3. The summed E-state index contributed by atoms with van der Waals surface area (Å²) in [5.41, 5.74) is 1.31. The lowest BCUT2D eigenvalue weighted by Gasteiger charge is -2.21. The van der Waals surface area contributed by atoms with E-state index in [1.165, 1.54) is 24.3 Å². The van der Waals surface area contributed by atoms with E-state index in [-0.39, 0.29) is 22.9 Å². The summed E-state index contributed by atoms with van der Waals surface area (Å²) in [5, 5.41) is 0.549. The number of nitrogens with zero attached hydrogens (tertiary/aromatic N) is 1. The van der Waals surface area contributed by atoms with E-state index in [4.69, 9.17) is 4.84 Å². The molecule has 1 heterocycles. The molecule has 0 N–H and O–H groups in total. The number of amides is 2. The number of hydroxylamine groups is 2. The Morgan fingerprint density at radius 3 is 2.19 bits per heavy atom. The molecule has 1 aliphatic heterocycles. The van der Waals surface area contributed by atoms with Crippen LogP contribution < -0.4 is 0 Å². The van der Waals surface area contributed by atoms with Crippen LogP contribution in [0.4, 0.5) is 4.39 Å². The predicted molar refractivity (Wildman–Crippen MR) is 89.5 cm³/mol. The molecule has 0 saturated heterocycles. The molecule has 1 aliphatic carbocycles. The van der Waals surface area contributed by atoms with Crippen molar-refractivity contribution in [3.05, 3.63) is 71.0 Å². The molecule has 2 aliphatic rings. The topological polar surface area (TPSA) is 63.7 Å². The second kappa shape index (κ2) is 6.37. The Balaban J connectivity index is 1.52. The van der Waals surface area contributed by atoms with E-state index in [2.05, 4.69) is 0 Å². The normalized spacial score (nSPS) is 21.8. The molecule has 0 spiro atoms. The van der Waals surface area contributed by atoms with Gasteiger partial charge in [0.2, 0.25) is 0 Å². The van der Waals surface area contributed by atoms with E-state index in [0.717, 1.165) is 18.4 Å². The van der Waals surface area contributed by atoms with Crippen LogP contribution in [0, 0.1) is 11.7 Å². The molecule has 6 heteroatoms. The Labute approximate surface area is 149 Å². The molecular formula is C20H16FNO4. The number of fused-ring (bicyclic) bond motifs is 1. The number of hydrogen-bond acceptors (Lipinski definition) is 4. The minimum atomic E-state index is -0.629. The molecule has 1 saturated carbocycles. The average molecular weight is 353 g/mol. The number of benzene rings is 2. The zero-order valence-corrected chi connectivity index (χ0v) is 13.9. The van der Waals surface area contributed by atoms with Crippen LogP contribution in [0.1, 0.15) is 51.5 Å². The Hall–Kier alpha value is -3.02. The van der Waals surface area contributed by atoms with Crippen molar-refractivity contribution in [3.63, 3.8) is 0 Å². The summed E-state index contributed by atoms with van der Waals surface area (Å²) in [7, 11) is 0. The molecule has 0 aromatic heterocycles. The molecule has 2 atom stereocenters. The Kier molecular flexibility index (Phi) is 4.03. The van der Waals surface area contributed by atoms with Gasteiger partial charge in [0.05, 0.1) is 17.0 Å². The van der Waals surface area contributed by atoms with Gasteiger partial charge in [0.25, 0.3) is 11.8 Å². The fourth-order valence-corrected chi connectivity index (χ4v) is 3.76. The minimum Gasteiger partial charge on any atom is -0.329 e. The Morgan fingerprint density at radius 1 is 0.962 bits per heavy atom. The number of hydrogen-bond donors (Lipinski definition) is 0. The van der Waals surface area contributed by atoms with Crippen molar-refractivity contribution in [2.75, 3.05) is 0 Å². The van der Waals surface area contributed by atoms with E-state index in [0.29, 0.717) is 11.5 Å². The van der Waals surface area contributed by atoms with E-state index >= 15 is 0 Å². The summed E-state index contributed by atoms with van der Waals surface area (Å²) in [5.74, 6) is -2.78. The van der Waals surface area contributed by atoms with Gasteiger partial charge in [-0.2, -0.15) is 0 Å². The largest absolute Gasteiger partial charge is 0.336 e. The molecule has 2 aromatic carbocycles. The van der Waals surface area contributed by atoms with E-state index < -0.39 is 23.7 Å². The molecule has 26 heavy (non-hydrogen) atoms. The van der Waals surface area contributed by atoms with Gasteiger partial charge in [-0.05, 0) is 48.6 Å². The highest BCUT2D eigenvalue weighted by Gasteiger charge is 2.42. The fourth-order valence-electron chi connectivity index (χ4n) is 3.76. The summed E-state index contributed by atoms with van der Waals surface area (Å²) in [6.45, 7) is 0. The van der Waals surface area contributed by atoms with Crippen LogP contribution in [-0.2, 0) is 9.63 Å². The van der Waals surface area contributed by atoms with E-state index in [1.807, 2.05) is 0 Å². The third-order valence-corrected chi connectivity index (χ3v) is 5.05. The van der Waals surface area contributed by atoms with Gasteiger partial charge in [0, 0.05) is 0 Å². The van der Waals surface area contributed by atoms with Crippen molar-refractivity contribution in [3.8, 4) is 0 Å². The number of halogens is 1. The molecule has 1 fully saturated rings. The quantitative estimate of drug-likeness (QED) is 0.793. The van der Waals surface area contributed by atoms with Gasteiger partial charge in [0.1, 0.15) is 5.82 Å². The lowest BCUT2D eigenvalue weighted by molar-refractivity contribution is -0.174. The third kappa shape index (κ3) is 2.67. The first-order chi connectivity index (χ1) is 12.6. The molecule has 132 valence electrons. The van der Waals surface area contributed by atoms with E-state index in [9.17, 15) is 18.8 Å². The summed E-state index contributed by atoms with van der Waals surface area (Å²) < 4.78 is 13.1. The zero-order chi connectivity index (χ0) is 18.3. The fraction of sp³-hybridized carbons (Fsp3) is 0.250. The standard InChI is InChI=1S/C20H16FNO4/c21-13-10-8-12(9-11-13)14-6-3-7-17(14)20(25)26-22-18(23)15-4-1-2-5-16(15)19(22)24/h1-2,4-5,8-11,14,17H,3,6-7H2/t14-,17-/m0/s1. The monoisotopic (exact) mass is 353 g/mol. The van der Waals surface area contributed by atoms with Crippen LogP contribution >= 0.6 is 0 Å². The van der Waals surface area contributed by atoms with Gasteiger partial charge >= 0.3 is 5.97 Å². The highest BCUT2D eigenvalue weighted by Crippen LogP contribution is 2.40. The number of carbonyl (C=O) groups excluding carboxylic acids is 3. The first-order valence-electron chi connectivity index (χ1n) is 8.51. The van der Waals surface area contributed by atoms with Crippen LogP contribution in [0.15, 0.2) is 48.5 Å². The van der Waals surface area contributed by atoms with Gasteiger partial charge in [-0.3, -0.25) is 9.59 Å². The zero-order valence-electron chi connectivity index (χ0n) is 13.9. The third-order valence-electron chi connectivity index (χ3n) is 5.05. The predicted octanol–water partition coefficient (Wildman–Crippen LogP) is 3.46. The van der Waals surface area contributed by atoms with E-state index in [1.54, 1.807) is 24.3 Å². The van der Waals surface area contributed by atoms with Crippen molar-refractivity contribution in [2.24, 2.45) is 5.92 Å². The van der Waals surface area contributed by atoms with Gasteiger partial charge in [0.15, 0.2) is 0 Å². The van der Waals surface area contributed by atoms with Crippen molar-refractivity contribution >= 4 is 17.8 Å². The van der Waals surface area contributed by atoms with Crippen molar-refractivity contribution in [1.82, 2.24) is 5.06 Å². The van der Waals surface area contributed by atoms with Crippen LogP contribution in [0.2, 0.25) is 0 Å². The average Bonchev–Trinajstić information content (AvgIpc) is 3.23. The Bertz CT molecular complexity index is 858.